The molecule has 1 aromatic heterocycles. The molecule has 0 spiro atoms. The van der Waals surface area contributed by atoms with Crippen molar-refractivity contribution in [1.82, 2.24) is 9.55 Å². The summed E-state index contributed by atoms with van der Waals surface area (Å²) in [6.45, 7) is 5.74. The van der Waals surface area contributed by atoms with Crippen LogP contribution in [0, 0.1) is 0 Å². The van der Waals surface area contributed by atoms with Gasteiger partial charge in [0.15, 0.2) is 5.16 Å². The molecule has 0 atom stereocenters. The second-order valence-corrected chi connectivity index (χ2v) is 7.75. The number of nitrogens with zero attached hydrogens (tertiary/aromatic N) is 2. The lowest BCUT2D eigenvalue weighted by molar-refractivity contribution is -0.113. The number of para-hydroxylation sites is 1. The molecule has 0 radical (unpaired) electrons. The molecule has 0 aliphatic rings. The summed E-state index contributed by atoms with van der Waals surface area (Å²) in [5, 5.41) is 4.05. The fourth-order valence-electron chi connectivity index (χ4n) is 3.12. The molecule has 6 nitrogen and oxygen atoms in total. The molecule has 0 saturated heterocycles. The maximum atomic E-state index is 13.0. The van der Waals surface area contributed by atoms with Crippen LogP contribution < -0.4 is 10.9 Å². The average Bonchev–Trinajstić information content (AvgIpc) is 2.77. The lowest BCUT2D eigenvalue weighted by Gasteiger charge is -2.13. The number of rotatable bonds is 10. The highest BCUT2D eigenvalue weighted by Crippen LogP contribution is 2.19. The van der Waals surface area contributed by atoms with Gasteiger partial charge in [-0.3, -0.25) is 14.2 Å². The second-order valence-electron chi connectivity index (χ2n) is 6.81. The summed E-state index contributed by atoms with van der Waals surface area (Å²) in [6, 6.07) is 15.1. The Hall–Kier alpha value is -2.64. The summed E-state index contributed by atoms with van der Waals surface area (Å²) in [5.41, 5.74) is 2.50. The van der Waals surface area contributed by atoms with Crippen LogP contribution in [0.2, 0.25) is 0 Å². The van der Waals surface area contributed by atoms with Gasteiger partial charge in [-0.15, -0.1) is 0 Å². The number of aromatic nitrogens is 2. The molecule has 0 bridgehead atoms. The molecule has 0 aliphatic carbocycles. The molecular weight excluding hydrogens is 398 g/mol. The number of thioether (sulfide) groups is 1. The Morgan fingerprint density at radius 2 is 2.00 bits per heavy atom. The minimum Gasteiger partial charge on any atom is -0.382 e. The highest BCUT2D eigenvalue weighted by atomic mass is 32.2. The highest BCUT2D eigenvalue weighted by molar-refractivity contribution is 7.99. The van der Waals surface area contributed by atoms with Gasteiger partial charge in [0.25, 0.3) is 5.56 Å². The number of hydrogen-bond acceptors (Lipinski definition) is 5. The number of amides is 1. The first-order valence-corrected chi connectivity index (χ1v) is 11.2. The molecular formula is C23H27N3O3S. The first-order chi connectivity index (χ1) is 14.6. The molecule has 0 fully saturated rings. The number of aryl methyl sites for hydroxylation is 1. The Balaban J connectivity index is 1.76. The predicted octanol–water partition coefficient (Wildman–Crippen LogP) is 4.12. The predicted molar refractivity (Wildman–Crippen MR) is 122 cm³/mol. The van der Waals surface area contributed by atoms with Crippen LogP contribution in [0.1, 0.15) is 25.8 Å². The number of anilines is 1. The zero-order valence-electron chi connectivity index (χ0n) is 17.4. The zero-order valence-corrected chi connectivity index (χ0v) is 18.2. The van der Waals surface area contributed by atoms with Gasteiger partial charge in [-0.25, -0.2) is 4.98 Å². The topological polar surface area (TPSA) is 73.2 Å². The fourth-order valence-corrected chi connectivity index (χ4v) is 3.95. The van der Waals surface area contributed by atoms with E-state index >= 15 is 0 Å². The zero-order chi connectivity index (χ0) is 21.3. The number of hydrogen-bond donors (Lipinski definition) is 1. The fraction of sp³-hybridized carbons (Fsp3) is 0.348. The normalized spacial score (nSPS) is 11.0. The van der Waals surface area contributed by atoms with Gasteiger partial charge in [0.05, 0.1) is 16.7 Å². The molecule has 1 heterocycles. The van der Waals surface area contributed by atoms with Crippen molar-refractivity contribution in [2.45, 2.75) is 38.4 Å². The van der Waals surface area contributed by atoms with E-state index in [0.717, 1.165) is 12.1 Å². The van der Waals surface area contributed by atoms with Crippen molar-refractivity contribution in [3.63, 3.8) is 0 Å². The van der Waals surface area contributed by atoms with Crippen molar-refractivity contribution in [2.75, 3.05) is 24.3 Å². The van der Waals surface area contributed by atoms with Crippen LogP contribution in [0.5, 0.6) is 0 Å². The van der Waals surface area contributed by atoms with E-state index in [0.29, 0.717) is 42.2 Å². The molecule has 158 valence electrons. The van der Waals surface area contributed by atoms with E-state index in [9.17, 15) is 9.59 Å². The third-order valence-corrected chi connectivity index (χ3v) is 5.63. The van der Waals surface area contributed by atoms with Crippen molar-refractivity contribution in [1.29, 1.82) is 0 Å². The Kier molecular flexibility index (Phi) is 8.04. The molecule has 30 heavy (non-hydrogen) atoms. The first-order valence-electron chi connectivity index (χ1n) is 10.2. The Labute approximate surface area is 180 Å². The van der Waals surface area contributed by atoms with Crippen LogP contribution in [-0.4, -0.2) is 34.4 Å². The Morgan fingerprint density at radius 3 is 2.80 bits per heavy atom. The maximum absolute atomic E-state index is 13.0. The van der Waals surface area contributed by atoms with Crippen LogP contribution in [-0.2, 0) is 22.5 Å². The summed E-state index contributed by atoms with van der Waals surface area (Å²) >= 11 is 1.28. The molecule has 1 N–H and O–H groups in total. The summed E-state index contributed by atoms with van der Waals surface area (Å²) in [5.74, 6) is 0.0450. The second kappa shape index (κ2) is 10.9. The number of nitrogens with one attached hydrogen (secondary N) is 1. The maximum Gasteiger partial charge on any atom is 0.262 e. The molecule has 1 amide bonds. The molecule has 0 unspecified atom stereocenters. The third kappa shape index (κ3) is 5.70. The quantitative estimate of drug-likeness (QED) is 0.301. The molecule has 3 aromatic rings. The standard InChI is InChI=1S/C23H27N3O3S/c1-3-17-9-7-10-18(15-17)24-21(27)16-30-23-25-20-12-6-5-11-19(20)22(28)26(23)13-8-14-29-4-2/h5-7,9-12,15H,3-4,8,13-14,16H2,1-2H3,(H,24,27). The van der Waals surface area contributed by atoms with E-state index in [-0.39, 0.29) is 17.2 Å². The number of fused-ring (bicyclic) bond motifs is 1. The summed E-state index contributed by atoms with van der Waals surface area (Å²) in [7, 11) is 0. The van der Waals surface area contributed by atoms with Crippen LogP contribution >= 0.6 is 11.8 Å². The van der Waals surface area contributed by atoms with Gasteiger partial charge in [0.2, 0.25) is 5.91 Å². The largest absolute Gasteiger partial charge is 0.382 e. The van der Waals surface area contributed by atoms with Gasteiger partial charge in [-0.2, -0.15) is 0 Å². The number of carbonyl (C=O) groups is 1. The highest BCUT2D eigenvalue weighted by Gasteiger charge is 2.13. The summed E-state index contributed by atoms with van der Waals surface area (Å²) < 4.78 is 7.05. The first kappa shape index (κ1) is 22.1. The summed E-state index contributed by atoms with van der Waals surface area (Å²) in [4.78, 5) is 30.1. The van der Waals surface area contributed by atoms with Crippen molar-refractivity contribution < 1.29 is 9.53 Å². The van der Waals surface area contributed by atoms with Crippen LogP contribution in [0.15, 0.2) is 58.5 Å². The third-order valence-electron chi connectivity index (χ3n) is 4.65. The van der Waals surface area contributed by atoms with Gasteiger partial charge in [-0.05, 0) is 49.6 Å². The summed E-state index contributed by atoms with van der Waals surface area (Å²) in [6.07, 6.45) is 1.62. The van der Waals surface area contributed by atoms with Crippen LogP contribution in [0.25, 0.3) is 10.9 Å². The van der Waals surface area contributed by atoms with E-state index in [1.165, 1.54) is 17.3 Å². The van der Waals surface area contributed by atoms with E-state index < -0.39 is 0 Å². The van der Waals surface area contributed by atoms with Crippen molar-refractivity contribution in [3.8, 4) is 0 Å². The molecule has 3 rings (SSSR count). The van der Waals surface area contributed by atoms with Crippen molar-refractivity contribution in [3.05, 3.63) is 64.4 Å². The molecule has 2 aromatic carbocycles. The number of ether oxygens (including phenoxy) is 1. The van der Waals surface area contributed by atoms with Crippen molar-refractivity contribution >= 4 is 34.3 Å². The van der Waals surface area contributed by atoms with Gasteiger partial charge in [-0.1, -0.05) is 43.0 Å². The van der Waals surface area contributed by atoms with Gasteiger partial charge in [0, 0.05) is 25.4 Å². The lowest BCUT2D eigenvalue weighted by atomic mass is 10.1. The molecule has 0 aliphatic heterocycles. The SMILES string of the molecule is CCOCCCn1c(SCC(=O)Nc2cccc(CC)c2)nc2ccccc2c1=O. The minimum absolute atomic E-state index is 0.0874. The van der Waals surface area contributed by atoms with E-state index in [4.69, 9.17) is 4.74 Å². The Bertz CT molecular complexity index is 1060. The minimum atomic E-state index is -0.128. The van der Waals surface area contributed by atoms with Crippen molar-refractivity contribution in [2.24, 2.45) is 0 Å². The average molecular weight is 426 g/mol. The van der Waals surface area contributed by atoms with E-state index in [1.807, 2.05) is 49.4 Å². The van der Waals surface area contributed by atoms with Crippen LogP contribution in [0.3, 0.4) is 0 Å². The number of carbonyl (C=O) groups excluding carboxylic acids is 1. The van der Waals surface area contributed by atoms with Gasteiger partial charge >= 0.3 is 0 Å². The lowest BCUT2D eigenvalue weighted by Crippen LogP contribution is -2.25. The van der Waals surface area contributed by atoms with E-state index in [1.54, 1.807) is 10.6 Å². The Morgan fingerprint density at radius 1 is 1.17 bits per heavy atom. The number of benzene rings is 2. The van der Waals surface area contributed by atoms with Crippen LogP contribution in [0.4, 0.5) is 5.69 Å². The monoisotopic (exact) mass is 425 g/mol. The smallest absolute Gasteiger partial charge is 0.262 e. The van der Waals surface area contributed by atoms with E-state index in [2.05, 4.69) is 17.2 Å². The van der Waals surface area contributed by atoms with Gasteiger partial charge < -0.3 is 10.1 Å². The van der Waals surface area contributed by atoms with Gasteiger partial charge in [0.1, 0.15) is 0 Å². The molecule has 0 saturated carbocycles. The molecule has 7 heteroatoms.